The van der Waals surface area contributed by atoms with Gasteiger partial charge in [-0.1, -0.05) is 28.1 Å². The lowest BCUT2D eigenvalue weighted by Crippen LogP contribution is -2.51. The van der Waals surface area contributed by atoms with Crippen LogP contribution in [0.25, 0.3) is 0 Å². The van der Waals surface area contributed by atoms with Crippen LogP contribution >= 0.6 is 15.9 Å². The van der Waals surface area contributed by atoms with Gasteiger partial charge in [0.25, 0.3) is 0 Å². The molecule has 0 amide bonds. The van der Waals surface area contributed by atoms with E-state index < -0.39 is 12.2 Å². The zero-order chi connectivity index (χ0) is 19.7. The average Bonchev–Trinajstić information content (AvgIpc) is 2.70. The summed E-state index contributed by atoms with van der Waals surface area (Å²) in [4.78, 5) is 2.27. The number of hydrogen-bond donors (Lipinski definition) is 2. The molecular formula is C22H26BrNO4. The van der Waals surface area contributed by atoms with Gasteiger partial charge in [0.2, 0.25) is 0 Å². The molecule has 2 heterocycles. The number of halogens is 1. The van der Waals surface area contributed by atoms with Gasteiger partial charge >= 0.3 is 0 Å². The van der Waals surface area contributed by atoms with Gasteiger partial charge in [0.05, 0.1) is 19.3 Å². The van der Waals surface area contributed by atoms with E-state index in [1.54, 1.807) is 7.11 Å². The second-order valence-electron chi connectivity index (χ2n) is 7.78. The van der Waals surface area contributed by atoms with E-state index in [1.807, 2.05) is 42.5 Å². The summed E-state index contributed by atoms with van der Waals surface area (Å²) in [6.07, 6.45) is 1.23. The van der Waals surface area contributed by atoms with E-state index in [-0.39, 0.29) is 5.60 Å². The number of methoxy groups -OCH3 is 1. The van der Waals surface area contributed by atoms with Crippen molar-refractivity contribution < 1.29 is 19.7 Å². The molecule has 2 aromatic carbocycles. The third-order valence-electron chi connectivity index (χ3n) is 5.92. The summed E-state index contributed by atoms with van der Waals surface area (Å²) in [5, 5.41) is 21.2. The number of hydrogen-bond acceptors (Lipinski definition) is 5. The van der Waals surface area contributed by atoms with Crippen LogP contribution in [0.5, 0.6) is 11.5 Å². The minimum absolute atomic E-state index is 0.349. The van der Waals surface area contributed by atoms with Crippen LogP contribution in [-0.4, -0.2) is 47.5 Å². The van der Waals surface area contributed by atoms with Crippen molar-refractivity contribution in [2.24, 2.45) is 0 Å². The normalized spacial score (nSPS) is 22.4. The molecule has 0 bridgehead atoms. The smallest absolute Gasteiger partial charge is 0.129 e. The molecule has 1 fully saturated rings. The van der Waals surface area contributed by atoms with Crippen molar-refractivity contribution in [3.8, 4) is 11.5 Å². The molecule has 0 saturated carbocycles. The molecule has 2 aliphatic rings. The number of nitrogens with zero attached hydrogens (tertiary/aromatic N) is 1. The lowest BCUT2D eigenvalue weighted by molar-refractivity contribution is -0.0588. The van der Waals surface area contributed by atoms with Crippen molar-refractivity contribution in [3.63, 3.8) is 0 Å². The van der Waals surface area contributed by atoms with E-state index in [0.717, 1.165) is 53.0 Å². The number of likely N-dealkylation sites (tertiary alicyclic amines) is 1. The van der Waals surface area contributed by atoms with E-state index in [9.17, 15) is 10.2 Å². The number of β-amino-alcohol motifs (C(OH)–C–C–N with tert-alkyl or cyclic N) is 1. The van der Waals surface area contributed by atoms with Crippen molar-refractivity contribution in [1.82, 2.24) is 4.90 Å². The molecule has 6 heteroatoms. The molecule has 5 nitrogen and oxygen atoms in total. The molecule has 2 aromatic rings. The Hall–Kier alpha value is -1.60. The van der Waals surface area contributed by atoms with Crippen molar-refractivity contribution in [2.45, 2.75) is 37.1 Å². The molecular weight excluding hydrogens is 422 g/mol. The molecule has 0 radical (unpaired) electrons. The fourth-order valence-corrected chi connectivity index (χ4v) is 4.49. The summed E-state index contributed by atoms with van der Waals surface area (Å²) in [6, 6.07) is 13.4. The minimum atomic E-state index is -0.519. The standard InChI is InChI=1S/C22H26BrNO4/c1-27-17-6-7-18-19(25)13-22(28-21(18)12-17)8-10-24(11-9-22)14-20(26)15-2-4-16(23)5-3-15/h2-7,12,19-20,25-26H,8-11,13-14H2,1H3/t19-,20-/m0/s1. The van der Waals surface area contributed by atoms with Crippen LogP contribution in [0.1, 0.15) is 42.6 Å². The highest BCUT2D eigenvalue weighted by Crippen LogP contribution is 2.45. The molecule has 1 saturated heterocycles. The van der Waals surface area contributed by atoms with E-state index >= 15 is 0 Å². The SMILES string of the molecule is COc1ccc2c(c1)OC1(CCN(C[C@H](O)c3ccc(Br)cc3)CC1)C[C@@H]2O. The fraction of sp³-hybridized carbons (Fsp3) is 0.455. The number of aliphatic hydroxyl groups excluding tert-OH is 2. The highest BCUT2D eigenvalue weighted by atomic mass is 79.9. The summed E-state index contributed by atoms with van der Waals surface area (Å²) in [5.41, 5.74) is 1.41. The number of ether oxygens (including phenoxy) is 2. The Morgan fingerprint density at radius 2 is 1.93 bits per heavy atom. The van der Waals surface area contributed by atoms with Gasteiger partial charge in [0, 0.05) is 42.2 Å². The van der Waals surface area contributed by atoms with Gasteiger partial charge in [-0.3, -0.25) is 0 Å². The maximum absolute atomic E-state index is 10.6. The Labute approximate surface area is 174 Å². The van der Waals surface area contributed by atoms with Gasteiger partial charge in [-0.05, 0) is 42.7 Å². The number of fused-ring (bicyclic) bond motifs is 1. The van der Waals surface area contributed by atoms with Gasteiger partial charge in [-0.15, -0.1) is 0 Å². The van der Waals surface area contributed by atoms with Gasteiger partial charge in [-0.2, -0.15) is 0 Å². The maximum Gasteiger partial charge on any atom is 0.129 e. The highest BCUT2D eigenvalue weighted by Gasteiger charge is 2.43. The zero-order valence-electron chi connectivity index (χ0n) is 16.0. The first-order valence-corrected chi connectivity index (χ1v) is 10.5. The van der Waals surface area contributed by atoms with E-state index in [4.69, 9.17) is 9.47 Å². The number of piperidine rings is 1. The predicted octanol–water partition coefficient (Wildman–Crippen LogP) is 3.84. The second-order valence-corrected chi connectivity index (χ2v) is 8.69. The molecule has 2 aliphatic heterocycles. The van der Waals surface area contributed by atoms with Crippen LogP contribution < -0.4 is 9.47 Å². The second kappa shape index (κ2) is 8.03. The molecule has 1 spiro atoms. The van der Waals surface area contributed by atoms with Gasteiger partial charge < -0.3 is 24.6 Å². The van der Waals surface area contributed by atoms with Crippen LogP contribution in [-0.2, 0) is 0 Å². The van der Waals surface area contributed by atoms with Crippen LogP contribution in [0.2, 0.25) is 0 Å². The van der Waals surface area contributed by atoms with Crippen molar-refractivity contribution >= 4 is 15.9 Å². The van der Waals surface area contributed by atoms with Gasteiger partial charge in [-0.25, -0.2) is 0 Å². The summed E-state index contributed by atoms with van der Waals surface area (Å²) in [6.45, 7) is 2.27. The van der Waals surface area contributed by atoms with E-state index in [2.05, 4.69) is 20.8 Å². The average molecular weight is 448 g/mol. The molecule has 4 rings (SSSR count). The Morgan fingerprint density at radius 3 is 2.61 bits per heavy atom. The lowest BCUT2D eigenvalue weighted by atomic mass is 9.81. The highest BCUT2D eigenvalue weighted by molar-refractivity contribution is 9.10. The summed E-state index contributed by atoms with van der Waals surface area (Å²) < 4.78 is 12.7. The van der Waals surface area contributed by atoms with Crippen molar-refractivity contribution in [1.29, 1.82) is 0 Å². The molecule has 2 atom stereocenters. The molecule has 28 heavy (non-hydrogen) atoms. The van der Waals surface area contributed by atoms with Crippen LogP contribution in [0.15, 0.2) is 46.9 Å². The summed E-state index contributed by atoms with van der Waals surface area (Å²) in [7, 11) is 1.63. The summed E-state index contributed by atoms with van der Waals surface area (Å²) in [5.74, 6) is 1.46. The molecule has 150 valence electrons. The Balaban J connectivity index is 1.40. The number of aliphatic hydroxyl groups is 2. The maximum atomic E-state index is 10.6. The Kier molecular flexibility index (Phi) is 5.65. The van der Waals surface area contributed by atoms with Crippen molar-refractivity contribution in [3.05, 3.63) is 58.1 Å². The van der Waals surface area contributed by atoms with Crippen LogP contribution in [0.4, 0.5) is 0 Å². The Morgan fingerprint density at radius 1 is 1.21 bits per heavy atom. The first-order chi connectivity index (χ1) is 13.5. The summed E-state index contributed by atoms with van der Waals surface area (Å²) >= 11 is 3.42. The molecule has 0 aliphatic carbocycles. The first-order valence-electron chi connectivity index (χ1n) is 9.69. The largest absolute Gasteiger partial charge is 0.497 e. The monoisotopic (exact) mass is 447 g/mol. The Bertz CT molecular complexity index is 818. The topological polar surface area (TPSA) is 62.2 Å². The predicted molar refractivity (Wildman–Crippen MR) is 111 cm³/mol. The van der Waals surface area contributed by atoms with E-state index in [0.29, 0.717) is 13.0 Å². The quantitative estimate of drug-likeness (QED) is 0.745. The van der Waals surface area contributed by atoms with Gasteiger partial charge in [0.15, 0.2) is 0 Å². The molecule has 2 N–H and O–H groups in total. The first kappa shape index (κ1) is 19.7. The van der Waals surface area contributed by atoms with Crippen molar-refractivity contribution in [2.75, 3.05) is 26.7 Å². The third kappa shape index (κ3) is 4.06. The van der Waals surface area contributed by atoms with E-state index in [1.165, 1.54) is 0 Å². The third-order valence-corrected chi connectivity index (χ3v) is 6.45. The number of benzene rings is 2. The van der Waals surface area contributed by atoms with Crippen LogP contribution in [0, 0.1) is 0 Å². The van der Waals surface area contributed by atoms with Crippen LogP contribution in [0.3, 0.4) is 0 Å². The van der Waals surface area contributed by atoms with Gasteiger partial charge in [0.1, 0.15) is 17.1 Å². The fourth-order valence-electron chi connectivity index (χ4n) is 4.23. The molecule has 0 unspecified atom stereocenters. The number of rotatable bonds is 4. The zero-order valence-corrected chi connectivity index (χ0v) is 17.6. The minimum Gasteiger partial charge on any atom is -0.497 e. The lowest BCUT2D eigenvalue weighted by Gasteiger charge is -2.46. The molecule has 0 aromatic heterocycles.